The maximum absolute atomic E-state index is 12.4. The topological polar surface area (TPSA) is 38.1 Å². The zero-order valence-corrected chi connectivity index (χ0v) is 13.0. The van der Waals surface area contributed by atoms with Gasteiger partial charge in [-0.3, -0.25) is 4.79 Å². The number of thioether (sulfide) groups is 1. The normalized spacial score (nSPS) is 20.4. The van der Waals surface area contributed by atoms with E-state index in [0.29, 0.717) is 11.6 Å². The Labute approximate surface area is 125 Å². The van der Waals surface area contributed by atoms with E-state index in [2.05, 4.69) is 4.98 Å². The van der Waals surface area contributed by atoms with E-state index in [9.17, 15) is 18.0 Å². The molecule has 1 aliphatic heterocycles. The Morgan fingerprint density at radius 1 is 1.38 bits per heavy atom. The van der Waals surface area contributed by atoms with E-state index in [1.807, 2.05) is 31.5 Å². The number of halogens is 3. The highest BCUT2D eigenvalue weighted by molar-refractivity contribution is 8.00. The van der Waals surface area contributed by atoms with E-state index in [1.165, 1.54) is 11.8 Å². The van der Waals surface area contributed by atoms with Gasteiger partial charge in [0.25, 0.3) is 0 Å². The van der Waals surface area contributed by atoms with Crippen molar-refractivity contribution in [2.75, 3.05) is 13.1 Å². The Bertz CT molecular complexity index is 521. The number of hydrogen-bond acceptors (Lipinski definition) is 3. The van der Waals surface area contributed by atoms with Crippen molar-refractivity contribution in [2.24, 2.45) is 0 Å². The van der Waals surface area contributed by atoms with Crippen molar-refractivity contribution < 1.29 is 18.0 Å². The van der Waals surface area contributed by atoms with Crippen molar-refractivity contribution in [3.8, 4) is 0 Å². The van der Waals surface area contributed by atoms with Gasteiger partial charge in [-0.1, -0.05) is 11.8 Å². The third-order valence-electron chi connectivity index (χ3n) is 3.20. The van der Waals surface area contributed by atoms with Gasteiger partial charge in [-0.15, -0.1) is 0 Å². The Morgan fingerprint density at radius 2 is 2.05 bits per heavy atom. The lowest BCUT2D eigenvalue weighted by atomic mass is 10.1. The molecule has 1 amide bonds. The predicted molar refractivity (Wildman–Crippen MR) is 74.1 cm³/mol. The van der Waals surface area contributed by atoms with E-state index < -0.39 is 23.9 Å². The van der Waals surface area contributed by atoms with E-state index in [1.54, 1.807) is 6.20 Å². The molecule has 1 fully saturated rings. The summed E-state index contributed by atoms with van der Waals surface area (Å²) in [7, 11) is 0. The third-order valence-corrected chi connectivity index (χ3v) is 4.43. The molecule has 1 aromatic rings. The van der Waals surface area contributed by atoms with Crippen molar-refractivity contribution in [3.63, 3.8) is 0 Å². The van der Waals surface area contributed by atoms with Gasteiger partial charge in [0.05, 0.1) is 5.25 Å². The Hall–Kier alpha value is -1.18. The van der Waals surface area contributed by atoms with E-state index in [-0.39, 0.29) is 12.1 Å². The summed E-state index contributed by atoms with van der Waals surface area (Å²) in [5.74, 6) is -0.458. The summed E-state index contributed by atoms with van der Waals surface area (Å²) in [5.41, 5.74) is -0.188. The van der Waals surface area contributed by atoms with Gasteiger partial charge in [-0.05, 0) is 27.2 Å². The highest BCUT2D eigenvalue weighted by Crippen LogP contribution is 2.33. The molecule has 118 valence electrons. The lowest BCUT2D eigenvalue weighted by molar-refractivity contribution is -0.157. The average Bonchev–Trinajstić information content (AvgIpc) is 2.88. The molecule has 0 aliphatic carbocycles. The quantitative estimate of drug-likeness (QED) is 0.859. The molecule has 1 aliphatic rings. The van der Waals surface area contributed by atoms with Gasteiger partial charge in [-0.25, -0.2) is 4.98 Å². The summed E-state index contributed by atoms with van der Waals surface area (Å²) in [4.78, 5) is 17.1. The van der Waals surface area contributed by atoms with Gasteiger partial charge < -0.3 is 9.47 Å². The zero-order chi connectivity index (χ0) is 15.8. The Balaban J connectivity index is 2.06. The molecule has 0 N–H and O–H groups in total. The van der Waals surface area contributed by atoms with Crippen LogP contribution in [-0.4, -0.2) is 44.9 Å². The average molecular weight is 321 g/mol. The molecular weight excluding hydrogens is 303 g/mol. The SMILES string of the molecule is CC(C)(C)n1ccnc1SC1CCN(CC(F)(F)F)C1=O. The summed E-state index contributed by atoms with van der Waals surface area (Å²) in [5, 5.41) is 0.172. The van der Waals surface area contributed by atoms with Crippen molar-refractivity contribution >= 4 is 17.7 Å². The lowest BCUT2D eigenvalue weighted by Crippen LogP contribution is -2.36. The molecule has 0 aromatic carbocycles. The smallest absolute Gasteiger partial charge is 0.333 e. The Kier molecular flexibility index (Phi) is 4.28. The van der Waals surface area contributed by atoms with Crippen molar-refractivity contribution in [1.82, 2.24) is 14.5 Å². The van der Waals surface area contributed by atoms with E-state index in [0.717, 1.165) is 4.90 Å². The van der Waals surface area contributed by atoms with Crippen LogP contribution >= 0.6 is 11.8 Å². The zero-order valence-electron chi connectivity index (χ0n) is 12.1. The molecule has 4 nitrogen and oxygen atoms in total. The van der Waals surface area contributed by atoms with Crippen molar-refractivity contribution in [3.05, 3.63) is 12.4 Å². The van der Waals surface area contributed by atoms with Crippen LogP contribution in [0.25, 0.3) is 0 Å². The standard InChI is InChI=1S/C13H18F3N3OS/c1-12(2,3)19-7-5-17-11(19)21-9-4-6-18(10(9)20)8-13(14,15)16/h5,7,9H,4,6,8H2,1-3H3. The molecule has 1 atom stereocenters. The summed E-state index contributed by atoms with van der Waals surface area (Å²) in [6, 6.07) is 0. The molecule has 2 heterocycles. The highest BCUT2D eigenvalue weighted by atomic mass is 32.2. The van der Waals surface area contributed by atoms with Crippen LogP contribution in [0.4, 0.5) is 13.2 Å². The number of nitrogens with zero attached hydrogens (tertiary/aromatic N) is 3. The molecule has 0 spiro atoms. The first-order valence-corrected chi connectivity index (χ1v) is 7.52. The largest absolute Gasteiger partial charge is 0.406 e. The second-order valence-electron chi connectivity index (χ2n) is 6.02. The van der Waals surface area contributed by atoms with Crippen LogP contribution in [0, 0.1) is 0 Å². The third kappa shape index (κ3) is 3.93. The van der Waals surface area contributed by atoms with Gasteiger partial charge in [0, 0.05) is 24.5 Å². The van der Waals surface area contributed by atoms with Gasteiger partial charge in [0.2, 0.25) is 5.91 Å². The van der Waals surface area contributed by atoms with Crippen LogP contribution in [-0.2, 0) is 10.3 Å². The van der Waals surface area contributed by atoms with Gasteiger partial charge >= 0.3 is 6.18 Å². The maximum Gasteiger partial charge on any atom is 0.406 e. The molecule has 0 saturated carbocycles. The maximum atomic E-state index is 12.4. The number of likely N-dealkylation sites (tertiary alicyclic amines) is 1. The first-order chi connectivity index (χ1) is 9.58. The minimum atomic E-state index is -4.35. The van der Waals surface area contributed by atoms with Gasteiger partial charge in [0.15, 0.2) is 5.16 Å². The summed E-state index contributed by atoms with van der Waals surface area (Å²) < 4.78 is 39.1. The number of carbonyl (C=O) groups excluding carboxylic acids is 1. The predicted octanol–water partition coefficient (Wildman–Crippen LogP) is 2.89. The molecule has 8 heteroatoms. The summed E-state index contributed by atoms with van der Waals surface area (Å²) in [6.07, 6.45) is -0.481. The second kappa shape index (κ2) is 5.55. The number of carbonyl (C=O) groups is 1. The number of alkyl halides is 3. The fourth-order valence-electron chi connectivity index (χ4n) is 2.21. The molecule has 1 aromatic heterocycles. The fourth-order valence-corrected chi connectivity index (χ4v) is 3.51. The number of aromatic nitrogens is 2. The second-order valence-corrected chi connectivity index (χ2v) is 7.19. The van der Waals surface area contributed by atoms with Crippen molar-refractivity contribution in [1.29, 1.82) is 0 Å². The first kappa shape index (κ1) is 16.2. The highest BCUT2D eigenvalue weighted by Gasteiger charge is 2.40. The molecular formula is C13H18F3N3OS. The molecule has 2 rings (SSSR count). The van der Waals surface area contributed by atoms with E-state index in [4.69, 9.17) is 0 Å². The molecule has 0 radical (unpaired) electrons. The van der Waals surface area contributed by atoms with Crippen LogP contribution in [0.15, 0.2) is 17.6 Å². The minimum Gasteiger partial charge on any atom is -0.333 e. The minimum absolute atomic E-state index is 0.145. The monoisotopic (exact) mass is 321 g/mol. The fraction of sp³-hybridized carbons (Fsp3) is 0.692. The Morgan fingerprint density at radius 3 is 2.62 bits per heavy atom. The lowest BCUT2D eigenvalue weighted by Gasteiger charge is -2.23. The summed E-state index contributed by atoms with van der Waals surface area (Å²) >= 11 is 1.24. The van der Waals surface area contributed by atoms with Crippen LogP contribution in [0.5, 0.6) is 0 Å². The molecule has 21 heavy (non-hydrogen) atoms. The van der Waals surface area contributed by atoms with E-state index >= 15 is 0 Å². The number of rotatable bonds is 3. The van der Waals surface area contributed by atoms with Crippen LogP contribution in [0.3, 0.4) is 0 Å². The molecule has 1 unspecified atom stereocenters. The molecule has 1 saturated heterocycles. The number of imidazole rings is 1. The van der Waals surface area contributed by atoms with Gasteiger partial charge in [0.1, 0.15) is 6.54 Å². The van der Waals surface area contributed by atoms with Crippen LogP contribution < -0.4 is 0 Å². The number of hydrogen-bond donors (Lipinski definition) is 0. The number of amides is 1. The van der Waals surface area contributed by atoms with Crippen LogP contribution in [0.2, 0.25) is 0 Å². The first-order valence-electron chi connectivity index (χ1n) is 6.64. The summed E-state index contributed by atoms with van der Waals surface area (Å²) in [6.45, 7) is 4.99. The van der Waals surface area contributed by atoms with Crippen LogP contribution in [0.1, 0.15) is 27.2 Å². The van der Waals surface area contributed by atoms with Gasteiger partial charge in [-0.2, -0.15) is 13.2 Å². The van der Waals surface area contributed by atoms with Crippen molar-refractivity contribution in [2.45, 2.75) is 49.3 Å². The molecule has 0 bridgehead atoms.